The van der Waals surface area contributed by atoms with Crippen LogP contribution in [0.4, 0.5) is 6.01 Å². The number of hydrogen-bond acceptors (Lipinski definition) is 4. The molecule has 4 nitrogen and oxygen atoms in total. The molecule has 18 heavy (non-hydrogen) atoms. The van der Waals surface area contributed by atoms with Gasteiger partial charge in [-0.25, -0.2) is 0 Å². The van der Waals surface area contributed by atoms with Crippen molar-refractivity contribution in [2.24, 2.45) is 5.92 Å². The minimum atomic E-state index is 0.621. The van der Waals surface area contributed by atoms with Crippen molar-refractivity contribution in [1.82, 2.24) is 10.3 Å². The van der Waals surface area contributed by atoms with Gasteiger partial charge < -0.3 is 14.6 Å². The molecular formula is C14H23N3O. The number of hydrogen-bond donors (Lipinski definition) is 1. The Hall–Kier alpha value is -1.55. The van der Waals surface area contributed by atoms with Crippen LogP contribution in [0.25, 0.3) is 0 Å². The van der Waals surface area contributed by atoms with E-state index in [9.17, 15) is 0 Å². The summed E-state index contributed by atoms with van der Waals surface area (Å²) in [5, 5.41) is 3.34. The van der Waals surface area contributed by atoms with Crippen LogP contribution >= 0.6 is 0 Å². The summed E-state index contributed by atoms with van der Waals surface area (Å²) in [6.07, 6.45) is 5.34. The van der Waals surface area contributed by atoms with Gasteiger partial charge in [0.15, 0.2) is 0 Å². The first-order valence-electron chi connectivity index (χ1n) is 6.29. The highest BCUT2D eigenvalue weighted by atomic mass is 16.4. The van der Waals surface area contributed by atoms with E-state index >= 15 is 0 Å². The molecule has 1 N–H and O–H groups in total. The van der Waals surface area contributed by atoms with Crippen LogP contribution in [0, 0.1) is 5.92 Å². The van der Waals surface area contributed by atoms with Crippen LogP contribution in [0.5, 0.6) is 0 Å². The van der Waals surface area contributed by atoms with Gasteiger partial charge in [-0.3, -0.25) is 0 Å². The average molecular weight is 249 g/mol. The molecule has 0 saturated carbocycles. The molecule has 4 heteroatoms. The van der Waals surface area contributed by atoms with Gasteiger partial charge in [-0.15, -0.1) is 13.2 Å². The van der Waals surface area contributed by atoms with Crippen molar-refractivity contribution in [3.05, 3.63) is 37.3 Å². The zero-order valence-corrected chi connectivity index (χ0v) is 11.4. The molecule has 100 valence electrons. The van der Waals surface area contributed by atoms with E-state index in [1.165, 1.54) is 0 Å². The highest BCUT2D eigenvalue weighted by Gasteiger charge is 2.10. The lowest BCUT2D eigenvalue weighted by Gasteiger charge is -2.15. The minimum Gasteiger partial charge on any atom is -0.432 e. The summed E-state index contributed by atoms with van der Waals surface area (Å²) in [6, 6.07) is 0.621. The standard InChI is InChI=1S/C14H23N3O/c1-5-7-17(8-6-2)14-16-13(11-18-14)10-15-9-12(3)4/h5-6,11-12,15H,1-2,7-10H2,3-4H3. The SMILES string of the molecule is C=CCN(CC=C)c1nc(CNCC(C)C)co1. The Morgan fingerprint density at radius 3 is 2.61 bits per heavy atom. The van der Waals surface area contributed by atoms with Crippen LogP contribution in [0.15, 0.2) is 36.0 Å². The summed E-state index contributed by atoms with van der Waals surface area (Å²) in [4.78, 5) is 6.42. The molecule has 0 aliphatic carbocycles. The molecule has 0 fully saturated rings. The Balaban J connectivity index is 2.54. The van der Waals surface area contributed by atoms with E-state index in [0.29, 0.717) is 25.0 Å². The fourth-order valence-corrected chi connectivity index (χ4v) is 1.55. The van der Waals surface area contributed by atoms with E-state index in [1.807, 2.05) is 17.1 Å². The van der Waals surface area contributed by atoms with Crippen LogP contribution in [0.1, 0.15) is 19.5 Å². The maximum atomic E-state index is 5.47. The second-order valence-corrected chi connectivity index (χ2v) is 4.63. The molecule has 1 aromatic rings. The average Bonchev–Trinajstić information content (AvgIpc) is 2.77. The van der Waals surface area contributed by atoms with Crippen LogP contribution in [0.2, 0.25) is 0 Å². The van der Waals surface area contributed by atoms with Crippen LogP contribution < -0.4 is 10.2 Å². The van der Waals surface area contributed by atoms with E-state index < -0.39 is 0 Å². The second-order valence-electron chi connectivity index (χ2n) is 4.63. The number of rotatable bonds is 9. The molecule has 0 amide bonds. The molecule has 0 saturated heterocycles. The molecule has 0 aliphatic heterocycles. The van der Waals surface area contributed by atoms with Crippen molar-refractivity contribution in [2.45, 2.75) is 20.4 Å². The number of anilines is 1. The molecule has 0 atom stereocenters. The quantitative estimate of drug-likeness (QED) is 0.683. The maximum absolute atomic E-state index is 5.47. The van der Waals surface area contributed by atoms with Crippen LogP contribution in [-0.4, -0.2) is 24.6 Å². The first kappa shape index (κ1) is 14.5. The Morgan fingerprint density at radius 2 is 2.06 bits per heavy atom. The van der Waals surface area contributed by atoms with Gasteiger partial charge in [-0.1, -0.05) is 26.0 Å². The van der Waals surface area contributed by atoms with Crippen molar-refractivity contribution in [3.8, 4) is 0 Å². The van der Waals surface area contributed by atoms with E-state index in [0.717, 1.165) is 18.8 Å². The third kappa shape index (κ3) is 4.75. The number of aromatic nitrogens is 1. The monoisotopic (exact) mass is 249 g/mol. The zero-order chi connectivity index (χ0) is 13.4. The smallest absolute Gasteiger partial charge is 0.298 e. The number of nitrogens with zero attached hydrogens (tertiary/aromatic N) is 2. The first-order valence-corrected chi connectivity index (χ1v) is 6.29. The Bertz CT molecular complexity index is 361. The van der Waals surface area contributed by atoms with Gasteiger partial charge in [0.25, 0.3) is 6.01 Å². The maximum Gasteiger partial charge on any atom is 0.298 e. The largest absolute Gasteiger partial charge is 0.432 e. The van der Waals surface area contributed by atoms with Gasteiger partial charge in [0, 0.05) is 19.6 Å². The van der Waals surface area contributed by atoms with Gasteiger partial charge in [0.1, 0.15) is 6.26 Å². The van der Waals surface area contributed by atoms with Crippen molar-refractivity contribution in [2.75, 3.05) is 24.5 Å². The molecule has 1 rings (SSSR count). The van der Waals surface area contributed by atoms with Crippen molar-refractivity contribution >= 4 is 6.01 Å². The Morgan fingerprint density at radius 1 is 1.39 bits per heavy atom. The summed E-state index contributed by atoms with van der Waals surface area (Å²) in [6.45, 7) is 14.9. The van der Waals surface area contributed by atoms with Crippen molar-refractivity contribution < 1.29 is 4.42 Å². The predicted octanol–water partition coefficient (Wildman–Crippen LogP) is 2.60. The number of oxazole rings is 1. The van der Waals surface area contributed by atoms with Gasteiger partial charge >= 0.3 is 0 Å². The van der Waals surface area contributed by atoms with E-state index in [-0.39, 0.29) is 0 Å². The summed E-state index contributed by atoms with van der Waals surface area (Å²) in [7, 11) is 0. The fraction of sp³-hybridized carbons (Fsp3) is 0.500. The molecule has 0 bridgehead atoms. The normalized spacial score (nSPS) is 10.6. The van der Waals surface area contributed by atoms with Crippen LogP contribution in [-0.2, 0) is 6.54 Å². The van der Waals surface area contributed by atoms with Gasteiger partial charge in [0.05, 0.1) is 5.69 Å². The van der Waals surface area contributed by atoms with Crippen molar-refractivity contribution in [1.29, 1.82) is 0 Å². The predicted molar refractivity (Wildman–Crippen MR) is 75.7 cm³/mol. The summed E-state index contributed by atoms with van der Waals surface area (Å²) in [5.74, 6) is 0.634. The zero-order valence-electron chi connectivity index (χ0n) is 11.4. The summed E-state index contributed by atoms with van der Waals surface area (Å²) in [5.41, 5.74) is 0.920. The molecule has 1 heterocycles. The number of nitrogens with one attached hydrogen (secondary N) is 1. The molecule has 0 unspecified atom stereocenters. The molecule has 0 radical (unpaired) electrons. The van der Waals surface area contributed by atoms with Gasteiger partial charge in [0.2, 0.25) is 0 Å². The lowest BCUT2D eigenvalue weighted by atomic mass is 10.2. The molecule has 1 aromatic heterocycles. The molecule has 0 aliphatic rings. The highest BCUT2D eigenvalue weighted by molar-refractivity contribution is 5.29. The Kier molecular flexibility index (Phi) is 6.22. The third-order valence-corrected chi connectivity index (χ3v) is 2.37. The second kappa shape index (κ2) is 7.71. The first-order chi connectivity index (χ1) is 8.67. The van der Waals surface area contributed by atoms with Gasteiger partial charge in [-0.05, 0) is 12.5 Å². The van der Waals surface area contributed by atoms with E-state index in [4.69, 9.17) is 4.42 Å². The molecule has 0 spiro atoms. The van der Waals surface area contributed by atoms with Gasteiger partial charge in [-0.2, -0.15) is 4.98 Å². The van der Waals surface area contributed by atoms with Crippen LogP contribution in [0.3, 0.4) is 0 Å². The topological polar surface area (TPSA) is 41.3 Å². The minimum absolute atomic E-state index is 0.621. The Labute approximate surface area is 109 Å². The molecule has 0 aromatic carbocycles. The fourth-order valence-electron chi connectivity index (χ4n) is 1.55. The van der Waals surface area contributed by atoms with E-state index in [1.54, 1.807) is 6.26 Å². The summed E-state index contributed by atoms with van der Waals surface area (Å²) >= 11 is 0. The lowest BCUT2D eigenvalue weighted by molar-refractivity contribution is 0.535. The summed E-state index contributed by atoms with van der Waals surface area (Å²) < 4.78 is 5.47. The third-order valence-electron chi connectivity index (χ3n) is 2.37. The van der Waals surface area contributed by atoms with E-state index in [2.05, 4.69) is 37.3 Å². The lowest BCUT2D eigenvalue weighted by Crippen LogP contribution is -2.23. The van der Waals surface area contributed by atoms with Crippen molar-refractivity contribution in [3.63, 3.8) is 0 Å². The molecular weight excluding hydrogens is 226 g/mol. The highest BCUT2D eigenvalue weighted by Crippen LogP contribution is 2.13.